The lowest BCUT2D eigenvalue weighted by atomic mass is 9.80. The third-order valence-corrected chi connectivity index (χ3v) is 4.70. The molecule has 1 aromatic rings. The van der Waals surface area contributed by atoms with Crippen LogP contribution in [0.5, 0.6) is 0 Å². The van der Waals surface area contributed by atoms with Crippen molar-refractivity contribution in [2.24, 2.45) is 11.8 Å². The highest BCUT2D eigenvalue weighted by Crippen LogP contribution is 2.30. The van der Waals surface area contributed by atoms with E-state index < -0.39 is 17.3 Å². The van der Waals surface area contributed by atoms with E-state index in [0.29, 0.717) is 24.9 Å². The second-order valence-electron chi connectivity index (χ2n) is 6.98. The molecule has 4 nitrogen and oxygen atoms in total. The van der Waals surface area contributed by atoms with E-state index in [9.17, 15) is 14.0 Å². The number of carboxylic acids is 1. The number of halogens is 1. The fraction of sp³-hybridized carbons (Fsp3) is 0.556. The molecule has 0 radical (unpaired) electrons. The van der Waals surface area contributed by atoms with Crippen LogP contribution in [0, 0.1) is 17.7 Å². The molecule has 0 bridgehead atoms. The van der Waals surface area contributed by atoms with Crippen molar-refractivity contribution in [3.05, 3.63) is 35.6 Å². The van der Waals surface area contributed by atoms with Crippen LogP contribution in [-0.2, 0) is 15.0 Å². The van der Waals surface area contributed by atoms with E-state index in [1.165, 1.54) is 6.07 Å². The van der Waals surface area contributed by atoms with Gasteiger partial charge in [0.1, 0.15) is 5.82 Å². The van der Waals surface area contributed by atoms with E-state index >= 15 is 0 Å². The van der Waals surface area contributed by atoms with Gasteiger partial charge in [-0.15, -0.1) is 0 Å². The number of aliphatic carboxylic acids is 1. The normalized spacial score (nSPS) is 21.7. The molecule has 0 saturated heterocycles. The summed E-state index contributed by atoms with van der Waals surface area (Å²) in [6, 6.07) is 6.56. The third kappa shape index (κ3) is 4.30. The monoisotopic (exact) mass is 321 g/mol. The molecule has 2 N–H and O–H groups in total. The van der Waals surface area contributed by atoms with Crippen LogP contribution in [0.2, 0.25) is 0 Å². The molecule has 1 aliphatic carbocycles. The smallest absolute Gasteiger partial charge is 0.306 e. The van der Waals surface area contributed by atoms with Crippen molar-refractivity contribution in [3.63, 3.8) is 0 Å². The highest BCUT2D eigenvalue weighted by Gasteiger charge is 2.32. The molecule has 1 aliphatic rings. The summed E-state index contributed by atoms with van der Waals surface area (Å²) < 4.78 is 13.9. The Morgan fingerprint density at radius 3 is 2.57 bits per heavy atom. The molecule has 23 heavy (non-hydrogen) atoms. The van der Waals surface area contributed by atoms with E-state index in [1.807, 2.05) is 13.8 Å². The highest BCUT2D eigenvalue weighted by molar-refractivity contribution is 5.80. The fourth-order valence-corrected chi connectivity index (χ4v) is 3.21. The van der Waals surface area contributed by atoms with Crippen LogP contribution >= 0.6 is 0 Å². The first-order valence-electron chi connectivity index (χ1n) is 8.07. The summed E-state index contributed by atoms with van der Waals surface area (Å²) in [5.74, 6) is -1.93. The van der Waals surface area contributed by atoms with Gasteiger partial charge in [0.05, 0.1) is 5.92 Å². The minimum atomic E-state index is -0.825. The quantitative estimate of drug-likeness (QED) is 0.875. The van der Waals surface area contributed by atoms with Gasteiger partial charge in [0.2, 0.25) is 5.91 Å². The van der Waals surface area contributed by atoms with Gasteiger partial charge < -0.3 is 10.4 Å². The minimum absolute atomic E-state index is 0.125. The Labute approximate surface area is 136 Å². The number of hydrogen-bond acceptors (Lipinski definition) is 2. The summed E-state index contributed by atoms with van der Waals surface area (Å²) in [6.07, 6.45) is 2.50. The molecule has 1 aromatic carbocycles. The number of carbonyl (C=O) groups is 2. The van der Waals surface area contributed by atoms with E-state index in [4.69, 9.17) is 5.11 Å². The number of benzene rings is 1. The average molecular weight is 321 g/mol. The molecule has 0 aliphatic heterocycles. The zero-order chi connectivity index (χ0) is 17.0. The van der Waals surface area contributed by atoms with Gasteiger partial charge in [-0.05, 0) is 30.9 Å². The summed E-state index contributed by atoms with van der Waals surface area (Å²) in [5.41, 5.74) is 0.0364. The van der Waals surface area contributed by atoms with Crippen molar-refractivity contribution >= 4 is 11.9 Å². The fourth-order valence-electron chi connectivity index (χ4n) is 3.21. The van der Waals surface area contributed by atoms with Crippen molar-refractivity contribution in [2.75, 3.05) is 6.54 Å². The maximum Gasteiger partial charge on any atom is 0.306 e. The highest BCUT2D eigenvalue weighted by atomic mass is 19.1. The first-order chi connectivity index (χ1) is 10.8. The topological polar surface area (TPSA) is 66.4 Å². The number of hydrogen-bond donors (Lipinski definition) is 2. The van der Waals surface area contributed by atoms with Crippen molar-refractivity contribution in [1.29, 1.82) is 0 Å². The summed E-state index contributed by atoms with van der Waals surface area (Å²) in [5, 5.41) is 12.0. The van der Waals surface area contributed by atoms with Gasteiger partial charge in [0, 0.05) is 17.9 Å². The Hall–Kier alpha value is -1.91. The Balaban J connectivity index is 1.96. The number of carboxylic acid groups (broad SMARTS) is 1. The molecule has 1 amide bonds. The largest absolute Gasteiger partial charge is 0.481 e. The van der Waals surface area contributed by atoms with Crippen molar-refractivity contribution < 1.29 is 19.1 Å². The number of rotatable bonds is 5. The van der Waals surface area contributed by atoms with Crippen LogP contribution in [0.4, 0.5) is 4.39 Å². The summed E-state index contributed by atoms with van der Waals surface area (Å²) in [7, 11) is 0. The number of nitrogens with one attached hydrogen (secondary N) is 1. The zero-order valence-corrected chi connectivity index (χ0v) is 13.6. The summed E-state index contributed by atoms with van der Waals surface area (Å²) >= 11 is 0. The van der Waals surface area contributed by atoms with E-state index in [0.717, 1.165) is 12.8 Å². The minimum Gasteiger partial charge on any atom is -0.481 e. The summed E-state index contributed by atoms with van der Waals surface area (Å²) in [6.45, 7) is 4.08. The molecule has 126 valence electrons. The first-order valence-corrected chi connectivity index (χ1v) is 8.07. The predicted octanol–water partition coefficient (Wildman–Crippen LogP) is 3.11. The van der Waals surface area contributed by atoms with Gasteiger partial charge in [-0.1, -0.05) is 38.5 Å². The maximum absolute atomic E-state index is 13.9. The standard InChI is InChI=1S/C18H24FNO3/c1-18(2,14-8-3-4-9-15(14)19)11-20-16(21)12-6-5-7-13(10-12)17(22)23/h3-4,8-9,12-13H,5-7,10-11H2,1-2H3,(H,20,21)(H,22,23). The van der Waals surface area contributed by atoms with Crippen LogP contribution in [0.3, 0.4) is 0 Å². The molecule has 2 rings (SSSR count). The molecular formula is C18H24FNO3. The third-order valence-electron chi connectivity index (χ3n) is 4.70. The molecule has 0 spiro atoms. The Morgan fingerprint density at radius 2 is 1.91 bits per heavy atom. The van der Waals surface area contributed by atoms with Gasteiger partial charge in [-0.25, -0.2) is 4.39 Å². The van der Waals surface area contributed by atoms with E-state index in [1.54, 1.807) is 18.2 Å². The van der Waals surface area contributed by atoms with Crippen LogP contribution < -0.4 is 5.32 Å². The Bertz CT molecular complexity index is 585. The lowest BCUT2D eigenvalue weighted by Gasteiger charge is -2.29. The van der Waals surface area contributed by atoms with Crippen LogP contribution in [-0.4, -0.2) is 23.5 Å². The lowest BCUT2D eigenvalue weighted by molar-refractivity contribution is -0.144. The number of carbonyl (C=O) groups excluding carboxylic acids is 1. The second-order valence-corrected chi connectivity index (χ2v) is 6.98. The van der Waals surface area contributed by atoms with Crippen LogP contribution in [0.1, 0.15) is 45.1 Å². The van der Waals surface area contributed by atoms with E-state index in [2.05, 4.69) is 5.32 Å². The first kappa shape index (κ1) is 17.4. The molecule has 5 heteroatoms. The zero-order valence-electron chi connectivity index (χ0n) is 13.6. The maximum atomic E-state index is 13.9. The van der Waals surface area contributed by atoms with Crippen molar-refractivity contribution in [2.45, 2.75) is 44.9 Å². The van der Waals surface area contributed by atoms with E-state index in [-0.39, 0.29) is 17.6 Å². The predicted molar refractivity (Wildman–Crippen MR) is 85.5 cm³/mol. The molecule has 2 atom stereocenters. The lowest BCUT2D eigenvalue weighted by Crippen LogP contribution is -2.41. The Morgan fingerprint density at radius 1 is 1.26 bits per heavy atom. The van der Waals surface area contributed by atoms with Gasteiger partial charge in [0.25, 0.3) is 0 Å². The molecule has 1 saturated carbocycles. The number of amides is 1. The van der Waals surface area contributed by atoms with Gasteiger partial charge in [-0.3, -0.25) is 9.59 Å². The van der Waals surface area contributed by atoms with Crippen LogP contribution in [0.15, 0.2) is 24.3 Å². The van der Waals surface area contributed by atoms with Crippen molar-refractivity contribution in [1.82, 2.24) is 5.32 Å². The van der Waals surface area contributed by atoms with Crippen LogP contribution in [0.25, 0.3) is 0 Å². The Kier molecular flexibility index (Phi) is 5.39. The van der Waals surface area contributed by atoms with Crippen molar-refractivity contribution in [3.8, 4) is 0 Å². The SMILES string of the molecule is CC(C)(CNC(=O)C1CCCC(C(=O)O)C1)c1ccccc1F. The molecule has 0 aromatic heterocycles. The second kappa shape index (κ2) is 7.11. The molecule has 1 fully saturated rings. The van der Waals surface area contributed by atoms with Gasteiger partial charge in [-0.2, -0.15) is 0 Å². The summed E-state index contributed by atoms with van der Waals surface area (Å²) in [4.78, 5) is 23.4. The average Bonchev–Trinajstić information content (AvgIpc) is 2.53. The van der Waals surface area contributed by atoms with Gasteiger partial charge in [0.15, 0.2) is 0 Å². The molecule has 0 heterocycles. The molecule has 2 unspecified atom stereocenters. The van der Waals surface area contributed by atoms with Gasteiger partial charge >= 0.3 is 5.97 Å². The molecular weight excluding hydrogens is 297 g/mol.